The number of rotatable bonds is 4. The normalized spacial score (nSPS) is 11.2. The van der Waals surface area contributed by atoms with Gasteiger partial charge in [0.05, 0.1) is 12.2 Å². The molecule has 2 aromatic rings. The van der Waals surface area contributed by atoms with E-state index in [1.54, 1.807) is 19.9 Å². The van der Waals surface area contributed by atoms with Crippen molar-refractivity contribution < 1.29 is 12.8 Å². The molecule has 8 heteroatoms. The Labute approximate surface area is 116 Å². The molecule has 2 aromatic heterocycles. The first-order chi connectivity index (χ1) is 9.44. The molecule has 0 bridgehead atoms. The Morgan fingerprint density at radius 3 is 2.80 bits per heavy atom. The molecule has 7 nitrogen and oxygen atoms in total. The smallest absolute Gasteiger partial charge is 0.243 e. The van der Waals surface area contributed by atoms with Crippen LogP contribution in [0.4, 0.5) is 0 Å². The third-order valence-electron chi connectivity index (χ3n) is 2.65. The first-order valence-electron chi connectivity index (χ1n) is 5.71. The third-order valence-corrected chi connectivity index (χ3v) is 4.09. The van der Waals surface area contributed by atoms with Crippen molar-refractivity contribution in [3.05, 3.63) is 41.4 Å². The first kappa shape index (κ1) is 14.2. The van der Waals surface area contributed by atoms with Crippen LogP contribution in [0.2, 0.25) is 0 Å². The molecule has 20 heavy (non-hydrogen) atoms. The van der Waals surface area contributed by atoms with Crippen molar-refractivity contribution in [2.24, 2.45) is 0 Å². The van der Waals surface area contributed by atoms with Crippen LogP contribution in [0.25, 0.3) is 0 Å². The second-order valence-electron chi connectivity index (χ2n) is 4.04. The van der Waals surface area contributed by atoms with Gasteiger partial charge >= 0.3 is 0 Å². The SMILES string of the molecule is Cc1nc(CNS(=O)(=O)c2cccnc2C#N)oc1C. The fourth-order valence-electron chi connectivity index (χ4n) is 1.54. The standard InChI is InChI=1S/C12H12N4O3S/c1-8-9(2)19-12(16-8)7-15-20(17,18)11-4-3-5-14-10(11)6-13/h3-5,15H,7H2,1-2H3. The van der Waals surface area contributed by atoms with Gasteiger partial charge in [0.25, 0.3) is 0 Å². The van der Waals surface area contributed by atoms with Crippen molar-refractivity contribution in [1.82, 2.24) is 14.7 Å². The Hall–Kier alpha value is -2.24. The van der Waals surface area contributed by atoms with Crippen molar-refractivity contribution in [3.8, 4) is 6.07 Å². The van der Waals surface area contributed by atoms with Crippen LogP contribution in [0.15, 0.2) is 27.6 Å². The molecule has 0 aliphatic carbocycles. The second-order valence-corrected chi connectivity index (χ2v) is 5.77. The van der Waals surface area contributed by atoms with Gasteiger partial charge in [0.2, 0.25) is 15.9 Å². The van der Waals surface area contributed by atoms with Gasteiger partial charge in [-0.15, -0.1) is 0 Å². The van der Waals surface area contributed by atoms with Crippen LogP contribution in [0.3, 0.4) is 0 Å². The first-order valence-corrected chi connectivity index (χ1v) is 7.20. The molecule has 2 heterocycles. The van der Waals surface area contributed by atoms with Gasteiger partial charge in [0.1, 0.15) is 16.7 Å². The van der Waals surface area contributed by atoms with Crippen molar-refractivity contribution in [1.29, 1.82) is 5.26 Å². The summed E-state index contributed by atoms with van der Waals surface area (Å²) < 4.78 is 31.8. The van der Waals surface area contributed by atoms with Crippen molar-refractivity contribution in [3.63, 3.8) is 0 Å². The largest absolute Gasteiger partial charge is 0.444 e. The maximum Gasteiger partial charge on any atom is 0.243 e. The summed E-state index contributed by atoms with van der Waals surface area (Å²) in [4.78, 5) is 7.63. The van der Waals surface area contributed by atoms with Crippen LogP contribution in [0.1, 0.15) is 23.0 Å². The van der Waals surface area contributed by atoms with Crippen molar-refractivity contribution in [2.75, 3.05) is 0 Å². The number of sulfonamides is 1. The molecule has 0 radical (unpaired) electrons. The van der Waals surface area contributed by atoms with E-state index in [0.717, 1.165) is 0 Å². The molecule has 0 aliphatic heterocycles. The van der Waals surface area contributed by atoms with E-state index in [4.69, 9.17) is 9.68 Å². The topological polar surface area (TPSA) is 109 Å². The molecule has 0 saturated carbocycles. The highest BCUT2D eigenvalue weighted by molar-refractivity contribution is 7.89. The Bertz CT molecular complexity index is 755. The lowest BCUT2D eigenvalue weighted by Gasteiger charge is -2.05. The Morgan fingerprint density at radius 1 is 1.45 bits per heavy atom. The molecule has 0 spiro atoms. The molecule has 0 unspecified atom stereocenters. The van der Waals surface area contributed by atoms with Crippen LogP contribution in [0.5, 0.6) is 0 Å². The monoisotopic (exact) mass is 292 g/mol. The fourth-order valence-corrected chi connectivity index (χ4v) is 2.62. The van der Waals surface area contributed by atoms with Crippen LogP contribution in [-0.4, -0.2) is 18.4 Å². The molecule has 0 fully saturated rings. The van der Waals surface area contributed by atoms with E-state index >= 15 is 0 Å². The Balaban J connectivity index is 2.22. The van der Waals surface area contributed by atoms with E-state index in [2.05, 4.69) is 14.7 Å². The van der Waals surface area contributed by atoms with Gasteiger partial charge in [-0.05, 0) is 26.0 Å². The predicted molar refractivity (Wildman–Crippen MR) is 69.0 cm³/mol. The maximum absolute atomic E-state index is 12.1. The van der Waals surface area contributed by atoms with Gasteiger partial charge in [-0.25, -0.2) is 23.1 Å². The lowest BCUT2D eigenvalue weighted by molar-refractivity contribution is 0.463. The van der Waals surface area contributed by atoms with Crippen LogP contribution < -0.4 is 4.72 Å². The zero-order valence-electron chi connectivity index (χ0n) is 10.9. The number of oxazole rings is 1. The second kappa shape index (κ2) is 5.40. The van der Waals surface area contributed by atoms with E-state index < -0.39 is 10.0 Å². The number of pyridine rings is 1. The Morgan fingerprint density at radius 2 is 2.20 bits per heavy atom. The van der Waals surface area contributed by atoms with Gasteiger partial charge in [-0.1, -0.05) is 0 Å². The van der Waals surface area contributed by atoms with Crippen molar-refractivity contribution >= 4 is 10.0 Å². The molecule has 0 atom stereocenters. The summed E-state index contributed by atoms with van der Waals surface area (Å²) in [5, 5.41) is 8.87. The van der Waals surface area contributed by atoms with Crippen LogP contribution in [-0.2, 0) is 16.6 Å². The number of nitriles is 1. The number of nitrogens with one attached hydrogen (secondary N) is 1. The molecule has 2 rings (SSSR count). The number of hydrogen-bond donors (Lipinski definition) is 1. The summed E-state index contributed by atoms with van der Waals surface area (Å²) in [6.07, 6.45) is 1.36. The molecular formula is C12H12N4O3S. The highest BCUT2D eigenvalue weighted by Crippen LogP contribution is 2.13. The molecule has 0 aromatic carbocycles. The number of hydrogen-bond acceptors (Lipinski definition) is 6. The Kier molecular flexibility index (Phi) is 3.83. The van der Waals surface area contributed by atoms with Gasteiger partial charge < -0.3 is 4.42 Å². The van der Waals surface area contributed by atoms with Gasteiger partial charge in [-0.2, -0.15) is 5.26 Å². The van der Waals surface area contributed by atoms with Crippen molar-refractivity contribution in [2.45, 2.75) is 25.3 Å². The molecule has 0 aliphatic rings. The maximum atomic E-state index is 12.1. The molecule has 0 amide bonds. The number of nitrogens with zero attached hydrogens (tertiary/aromatic N) is 3. The van der Waals surface area contributed by atoms with Crippen LogP contribution in [0, 0.1) is 25.2 Å². The van der Waals surface area contributed by atoms with Gasteiger partial charge in [0.15, 0.2) is 5.69 Å². The minimum Gasteiger partial charge on any atom is -0.444 e. The zero-order valence-corrected chi connectivity index (χ0v) is 11.7. The number of aromatic nitrogens is 2. The predicted octanol–water partition coefficient (Wildman–Crippen LogP) is 1.04. The van der Waals surface area contributed by atoms with E-state index in [9.17, 15) is 8.42 Å². The highest BCUT2D eigenvalue weighted by atomic mass is 32.2. The zero-order chi connectivity index (χ0) is 14.8. The lowest BCUT2D eigenvalue weighted by Crippen LogP contribution is -2.24. The third kappa shape index (κ3) is 2.84. The average molecular weight is 292 g/mol. The molecular weight excluding hydrogens is 280 g/mol. The molecule has 1 N–H and O–H groups in total. The van der Waals surface area contributed by atoms with E-state index in [0.29, 0.717) is 11.5 Å². The summed E-state index contributed by atoms with van der Waals surface area (Å²) in [7, 11) is -3.84. The minimum atomic E-state index is -3.84. The lowest BCUT2D eigenvalue weighted by atomic mass is 10.4. The summed E-state index contributed by atoms with van der Waals surface area (Å²) in [5.74, 6) is 0.907. The summed E-state index contributed by atoms with van der Waals surface area (Å²) in [6, 6.07) is 4.52. The quantitative estimate of drug-likeness (QED) is 0.901. The van der Waals surface area contributed by atoms with E-state index in [-0.39, 0.29) is 23.0 Å². The van der Waals surface area contributed by atoms with Crippen LogP contribution >= 0.6 is 0 Å². The van der Waals surface area contributed by atoms with Gasteiger partial charge in [-0.3, -0.25) is 0 Å². The van der Waals surface area contributed by atoms with E-state index in [1.165, 1.54) is 18.3 Å². The summed E-state index contributed by atoms with van der Waals surface area (Å²) >= 11 is 0. The minimum absolute atomic E-state index is 0.0865. The summed E-state index contributed by atoms with van der Waals surface area (Å²) in [6.45, 7) is 3.43. The highest BCUT2D eigenvalue weighted by Gasteiger charge is 2.20. The number of aryl methyl sites for hydroxylation is 2. The van der Waals surface area contributed by atoms with E-state index in [1.807, 2.05) is 0 Å². The fraction of sp³-hybridized carbons (Fsp3) is 0.250. The molecule has 104 valence electrons. The molecule has 0 saturated heterocycles. The summed E-state index contributed by atoms with van der Waals surface area (Å²) in [5.41, 5.74) is 0.554. The van der Waals surface area contributed by atoms with Gasteiger partial charge in [0, 0.05) is 6.20 Å². The average Bonchev–Trinajstić information content (AvgIpc) is 2.76.